The molecule has 108 valence electrons. The van der Waals surface area contributed by atoms with Gasteiger partial charge < -0.3 is 10.1 Å². The summed E-state index contributed by atoms with van der Waals surface area (Å²) in [5.41, 5.74) is 1.90. The van der Waals surface area contributed by atoms with Crippen LogP contribution in [0.25, 0.3) is 11.3 Å². The van der Waals surface area contributed by atoms with Gasteiger partial charge in [0.1, 0.15) is 11.6 Å². The lowest BCUT2D eigenvalue weighted by Gasteiger charge is -2.05. The molecule has 2 rings (SSSR count). The Morgan fingerprint density at radius 2 is 1.95 bits per heavy atom. The van der Waals surface area contributed by atoms with Crippen LogP contribution < -0.4 is 5.32 Å². The van der Waals surface area contributed by atoms with Crippen LogP contribution in [0.1, 0.15) is 5.56 Å². The van der Waals surface area contributed by atoms with Gasteiger partial charge in [0.05, 0.1) is 12.3 Å². The molecule has 0 unspecified atom stereocenters. The van der Waals surface area contributed by atoms with E-state index in [2.05, 4.69) is 10.4 Å². The summed E-state index contributed by atoms with van der Waals surface area (Å²) < 4.78 is 33.2. The molecular formula is C14H17F2N3O. The van der Waals surface area contributed by atoms with Gasteiger partial charge in [0.2, 0.25) is 0 Å². The number of aromatic nitrogens is 2. The molecular weight excluding hydrogens is 264 g/mol. The van der Waals surface area contributed by atoms with E-state index >= 15 is 0 Å². The number of benzene rings is 1. The van der Waals surface area contributed by atoms with Gasteiger partial charge in [0.15, 0.2) is 0 Å². The van der Waals surface area contributed by atoms with Crippen molar-refractivity contribution in [3.8, 4) is 11.3 Å². The predicted octanol–water partition coefficient (Wildman–Crippen LogP) is 2.10. The second-order valence-corrected chi connectivity index (χ2v) is 4.50. The first-order chi connectivity index (χ1) is 9.60. The van der Waals surface area contributed by atoms with E-state index in [1.807, 2.05) is 6.20 Å². The van der Waals surface area contributed by atoms with Crippen LogP contribution in [0.4, 0.5) is 8.78 Å². The van der Waals surface area contributed by atoms with Crippen molar-refractivity contribution in [3.63, 3.8) is 0 Å². The van der Waals surface area contributed by atoms with E-state index in [0.717, 1.165) is 11.6 Å². The standard InChI is InChI=1S/C14H17F2N3O/c1-19-9-11(8-17-3-4-20-2)14(18-19)10-5-12(15)7-13(16)6-10/h5-7,9,17H,3-4,8H2,1-2H3. The number of rotatable bonds is 6. The largest absolute Gasteiger partial charge is 0.383 e. The number of aryl methyl sites for hydroxylation is 1. The molecule has 6 heteroatoms. The summed E-state index contributed by atoms with van der Waals surface area (Å²) in [6.45, 7) is 1.86. The molecule has 0 spiro atoms. The highest BCUT2D eigenvalue weighted by Gasteiger charge is 2.12. The van der Waals surface area contributed by atoms with Crippen LogP contribution in [-0.4, -0.2) is 30.0 Å². The van der Waals surface area contributed by atoms with Crippen molar-refractivity contribution in [1.29, 1.82) is 0 Å². The van der Waals surface area contributed by atoms with E-state index in [0.29, 0.717) is 31.0 Å². The van der Waals surface area contributed by atoms with Crippen molar-refractivity contribution in [1.82, 2.24) is 15.1 Å². The van der Waals surface area contributed by atoms with Crippen LogP contribution in [-0.2, 0) is 18.3 Å². The predicted molar refractivity (Wildman–Crippen MR) is 72.1 cm³/mol. The van der Waals surface area contributed by atoms with E-state index < -0.39 is 11.6 Å². The van der Waals surface area contributed by atoms with Crippen LogP contribution in [0.15, 0.2) is 24.4 Å². The van der Waals surface area contributed by atoms with Gasteiger partial charge in [-0.05, 0) is 12.1 Å². The van der Waals surface area contributed by atoms with Gasteiger partial charge in [-0.1, -0.05) is 0 Å². The molecule has 0 saturated heterocycles. The van der Waals surface area contributed by atoms with Crippen LogP contribution >= 0.6 is 0 Å². The Hall–Kier alpha value is -1.79. The molecule has 2 aromatic rings. The van der Waals surface area contributed by atoms with Gasteiger partial charge in [-0.15, -0.1) is 0 Å². The topological polar surface area (TPSA) is 39.1 Å². The molecule has 20 heavy (non-hydrogen) atoms. The summed E-state index contributed by atoms with van der Waals surface area (Å²) in [5.74, 6) is -1.21. The lowest BCUT2D eigenvalue weighted by Crippen LogP contribution is -2.18. The summed E-state index contributed by atoms with van der Waals surface area (Å²) in [7, 11) is 3.41. The maximum Gasteiger partial charge on any atom is 0.126 e. The Morgan fingerprint density at radius 1 is 1.25 bits per heavy atom. The zero-order chi connectivity index (χ0) is 14.5. The van der Waals surface area contributed by atoms with Crippen molar-refractivity contribution in [3.05, 3.63) is 41.6 Å². The zero-order valence-electron chi connectivity index (χ0n) is 11.5. The summed E-state index contributed by atoms with van der Waals surface area (Å²) >= 11 is 0. The summed E-state index contributed by atoms with van der Waals surface area (Å²) in [4.78, 5) is 0. The number of halogens is 2. The number of nitrogens with one attached hydrogen (secondary N) is 1. The molecule has 0 saturated carbocycles. The monoisotopic (exact) mass is 281 g/mol. The van der Waals surface area contributed by atoms with Gasteiger partial charge in [-0.25, -0.2) is 8.78 Å². The number of nitrogens with zero attached hydrogens (tertiary/aromatic N) is 2. The highest BCUT2D eigenvalue weighted by molar-refractivity contribution is 5.62. The smallest absolute Gasteiger partial charge is 0.126 e. The number of methoxy groups -OCH3 is 1. The number of hydrogen-bond donors (Lipinski definition) is 1. The third-order valence-corrected chi connectivity index (χ3v) is 2.84. The van der Waals surface area contributed by atoms with Gasteiger partial charge in [-0.3, -0.25) is 4.68 Å². The third kappa shape index (κ3) is 3.61. The van der Waals surface area contributed by atoms with E-state index in [-0.39, 0.29) is 0 Å². The molecule has 1 aromatic carbocycles. The molecule has 1 heterocycles. The molecule has 0 aliphatic carbocycles. The quantitative estimate of drug-likeness (QED) is 0.824. The van der Waals surface area contributed by atoms with E-state index in [9.17, 15) is 8.78 Å². The first kappa shape index (κ1) is 14.6. The van der Waals surface area contributed by atoms with Crippen molar-refractivity contribution in [2.24, 2.45) is 7.05 Å². The molecule has 1 aromatic heterocycles. The minimum absolute atomic E-state index is 0.437. The van der Waals surface area contributed by atoms with Crippen LogP contribution in [0, 0.1) is 11.6 Å². The van der Waals surface area contributed by atoms with Crippen LogP contribution in [0.3, 0.4) is 0 Å². The molecule has 0 atom stereocenters. The van der Waals surface area contributed by atoms with Crippen molar-refractivity contribution >= 4 is 0 Å². The van der Waals surface area contributed by atoms with Gasteiger partial charge in [0.25, 0.3) is 0 Å². The second kappa shape index (κ2) is 6.58. The Kier molecular flexibility index (Phi) is 4.81. The maximum atomic E-state index is 13.3. The van der Waals surface area contributed by atoms with Crippen LogP contribution in [0.5, 0.6) is 0 Å². The fourth-order valence-electron chi connectivity index (χ4n) is 2.00. The molecule has 0 amide bonds. The summed E-state index contributed by atoms with van der Waals surface area (Å²) in [5, 5.41) is 7.46. The van der Waals surface area contributed by atoms with Crippen molar-refractivity contribution in [2.75, 3.05) is 20.3 Å². The van der Waals surface area contributed by atoms with Gasteiger partial charge in [0, 0.05) is 50.6 Å². The molecule has 4 nitrogen and oxygen atoms in total. The highest BCUT2D eigenvalue weighted by atomic mass is 19.1. The molecule has 1 N–H and O–H groups in total. The van der Waals surface area contributed by atoms with Crippen molar-refractivity contribution in [2.45, 2.75) is 6.54 Å². The van der Waals surface area contributed by atoms with Gasteiger partial charge >= 0.3 is 0 Å². The van der Waals surface area contributed by atoms with E-state index in [1.54, 1.807) is 18.8 Å². The average Bonchev–Trinajstić information content (AvgIpc) is 2.75. The second-order valence-electron chi connectivity index (χ2n) is 4.50. The lowest BCUT2D eigenvalue weighted by atomic mass is 10.1. The molecule has 0 radical (unpaired) electrons. The van der Waals surface area contributed by atoms with E-state index in [1.165, 1.54) is 12.1 Å². The molecule has 0 fully saturated rings. The minimum atomic E-state index is -0.607. The average molecular weight is 281 g/mol. The fourth-order valence-corrected chi connectivity index (χ4v) is 2.00. The first-order valence-electron chi connectivity index (χ1n) is 6.29. The normalized spacial score (nSPS) is 11.0. The molecule has 0 bridgehead atoms. The Labute approximate surface area is 116 Å². The van der Waals surface area contributed by atoms with E-state index in [4.69, 9.17) is 4.74 Å². The fraction of sp³-hybridized carbons (Fsp3) is 0.357. The lowest BCUT2D eigenvalue weighted by molar-refractivity contribution is 0.199. The van der Waals surface area contributed by atoms with Crippen molar-refractivity contribution < 1.29 is 13.5 Å². The molecule has 0 aliphatic rings. The van der Waals surface area contributed by atoms with Crippen LogP contribution in [0.2, 0.25) is 0 Å². The highest BCUT2D eigenvalue weighted by Crippen LogP contribution is 2.23. The molecule has 0 aliphatic heterocycles. The maximum absolute atomic E-state index is 13.3. The third-order valence-electron chi connectivity index (χ3n) is 2.84. The number of ether oxygens (including phenoxy) is 1. The Bertz CT molecular complexity index is 564. The Morgan fingerprint density at radius 3 is 2.60 bits per heavy atom. The zero-order valence-corrected chi connectivity index (χ0v) is 11.5. The first-order valence-corrected chi connectivity index (χ1v) is 6.29. The van der Waals surface area contributed by atoms with Gasteiger partial charge in [-0.2, -0.15) is 5.10 Å². The SMILES string of the molecule is COCCNCc1cn(C)nc1-c1cc(F)cc(F)c1. The summed E-state index contributed by atoms with van der Waals surface area (Å²) in [6, 6.07) is 3.41. The minimum Gasteiger partial charge on any atom is -0.383 e. The Balaban J connectivity index is 2.22. The number of hydrogen-bond acceptors (Lipinski definition) is 3. The summed E-state index contributed by atoms with van der Waals surface area (Å²) in [6.07, 6.45) is 1.83.